The smallest absolute Gasteiger partial charge is 0.314 e. The number of rotatable bonds is 17. The Kier molecular flexibility index (Phi) is 20.9. The van der Waals surface area contributed by atoms with Gasteiger partial charge in [0.25, 0.3) is 0 Å². The van der Waals surface area contributed by atoms with Gasteiger partial charge < -0.3 is 154 Å². The molecule has 32 nitrogen and oxygen atoms in total. The lowest BCUT2D eigenvalue weighted by Crippen LogP contribution is -2.68. The molecule has 32 heteroatoms. The van der Waals surface area contributed by atoms with Gasteiger partial charge in [-0.15, -0.1) is 0 Å². The standard InChI is InChI=1S/C55H88O32/c1-18-10-55-8-5-27-53(2,6-4-7-54(27,3)52(75)87-51-45(85-46-38(71)29(62)20(61)17-76-46)43(34(67)26(16-60)82-51)84-48-40(73)36(69)31(64)23(13-57)79-48)28(55)9-19(18)21(11-55)77-50-44(86-49-41(74)37(70)32(65)24(14-58)80-49)42(33(66)25(15-59)81-50)83-47-39(72)35(68)30(63)22(12-56)78-47/h19-51,56-74H,1,4-17H2,2-3H3/t19-,20?,21?,22?,23?,24?,25?,26?,27-,28-,29?,30?,31?,32?,33?,34?,35?,36?,37?,38?,39?,40?,41?,42?,43?,44?,45?,46?,47?,48?,49?,50?,51?,53+,54+,55+/m0/s1. The first-order chi connectivity index (χ1) is 41.2. The fourth-order valence-corrected chi connectivity index (χ4v) is 16.0. The highest BCUT2D eigenvalue weighted by Crippen LogP contribution is 2.72. The monoisotopic (exact) mass is 1260 g/mol. The van der Waals surface area contributed by atoms with Crippen LogP contribution in [-0.2, 0) is 61.6 Å². The Balaban J connectivity index is 0.913. The third kappa shape index (κ3) is 12.2. The lowest BCUT2D eigenvalue weighted by atomic mass is 9.36. The quantitative estimate of drug-likeness (QED) is 0.0365. The molecule has 0 aromatic carbocycles. The maximum absolute atomic E-state index is 15.3. The van der Waals surface area contributed by atoms with Gasteiger partial charge in [-0.2, -0.15) is 0 Å². The van der Waals surface area contributed by atoms with Crippen molar-refractivity contribution in [1.82, 2.24) is 0 Å². The maximum atomic E-state index is 15.3. The zero-order chi connectivity index (χ0) is 63.1. The van der Waals surface area contributed by atoms with Crippen LogP contribution in [0.1, 0.15) is 65.2 Å². The summed E-state index contributed by atoms with van der Waals surface area (Å²) in [6, 6.07) is 0. The largest absolute Gasteiger partial charge is 0.432 e. The fourth-order valence-electron chi connectivity index (χ4n) is 16.0. The van der Waals surface area contributed by atoms with E-state index in [1.165, 1.54) is 0 Å². The van der Waals surface area contributed by atoms with Crippen LogP contribution in [0.2, 0.25) is 0 Å². The Labute approximate surface area is 498 Å². The molecule has 11 rings (SSSR count). The maximum Gasteiger partial charge on any atom is 0.314 e. The van der Waals surface area contributed by atoms with Crippen LogP contribution in [-0.4, -0.2) is 327 Å². The third-order valence-electron chi connectivity index (χ3n) is 20.9. The number of esters is 1. The number of carbonyl (C=O) groups excluding carboxylic acids is 1. The van der Waals surface area contributed by atoms with Gasteiger partial charge in [0.2, 0.25) is 6.29 Å². The molecule has 6 aliphatic heterocycles. The number of hydrogen-bond acceptors (Lipinski definition) is 32. The summed E-state index contributed by atoms with van der Waals surface area (Å²) < 4.78 is 72.5. The van der Waals surface area contributed by atoms with Crippen molar-refractivity contribution < 1.29 is 159 Å². The second-order valence-electron chi connectivity index (χ2n) is 25.9. The molecule has 19 N–H and O–H groups in total. The SMILES string of the molecule is C=C1C[C@@]23CC[C@H]4[C@@](C)(CCC[C@@]4(C)C(=O)OC4OC(CO)C(O)C(OC5OC(CO)C(O)C(O)C5O)C4OC4OCC(O)C(O)C4O)[C@@H]2C[C@@H]1C(OC1OC(CO)C(O)C(OC2OC(CO)C(O)C(O)C2O)C1OC1OC(CO)C(O)C(O)C1O)C3. The number of ether oxygens (including phenoxy) is 12. The number of carbonyl (C=O) groups is 1. The van der Waals surface area contributed by atoms with E-state index in [2.05, 4.69) is 13.5 Å². The van der Waals surface area contributed by atoms with E-state index in [0.717, 1.165) is 5.57 Å². The third-order valence-corrected chi connectivity index (χ3v) is 20.9. The van der Waals surface area contributed by atoms with Crippen LogP contribution in [0.15, 0.2) is 12.2 Å². The number of fused-ring (bicyclic) bond motifs is 3. The molecule has 0 radical (unpaired) electrons. The number of aliphatic hydroxyl groups excluding tert-OH is 19. The first-order valence-corrected chi connectivity index (χ1v) is 29.8. The molecule has 5 aliphatic carbocycles. The first-order valence-electron chi connectivity index (χ1n) is 29.8. The topological polar surface area (TPSA) is 512 Å². The van der Waals surface area contributed by atoms with E-state index >= 15 is 4.79 Å². The molecule has 6 saturated heterocycles. The predicted octanol–water partition coefficient (Wildman–Crippen LogP) is -8.97. The van der Waals surface area contributed by atoms with E-state index < -0.39 is 258 Å². The van der Waals surface area contributed by atoms with Crippen molar-refractivity contribution in [3.05, 3.63) is 12.2 Å². The molecule has 6 heterocycles. The van der Waals surface area contributed by atoms with Gasteiger partial charge in [0, 0.05) is 5.92 Å². The second kappa shape index (κ2) is 26.8. The highest BCUT2D eigenvalue weighted by Gasteiger charge is 2.68. The summed E-state index contributed by atoms with van der Waals surface area (Å²) in [5, 5.41) is 204. The van der Waals surface area contributed by atoms with Gasteiger partial charge in [0.1, 0.15) is 134 Å². The Hall–Kier alpha value is -1.99. The van der Waals surface area contributed by atoms with Gasteiger partial charge in [-0.05, 0) is 74.5 Å². The van der Waals surface area contributed by atoms with Gasteiger partial charge in [0.15, 0.2) is 37.6 Å². The normalized spacial score (nSPS) is 54.6. The highest BCUT2D eigenvalue weighted by molar-refractivity contribution is 5.77. The van der Waals surface area contributed by atoms with Crippen molar-refractivity contribution in [1.29, 1.82) is 0 Å². The Morgan fingerprint density at radius 1 is 0.483 bits per heavy atom. The molecule has 87 heavy (non-hydrogen) atoms. The van der Waals surface area contributed by atoms with E-state index in [1.807, 2.05) is 0 Å². The van der Waals surface area contributed by atoms with Gasteiger partial charge >= 0.3 is 5.97 Å². The lowest BCUT2D eigenvalue weighted by Gasteiger charge is -2.69. The molecule has 0 aromatic rings. The molecule has 500 valence electrons. The Morgan fingerprint density at radius 3 is 1.40 bits per heavy atom. The van der Waals surface area contributed by atoms with Crippen LogP contribution >= 0.6 is 0 Å². The summed E-state index contributed by atoms with van der Waals surface area (Å²) in [6.45, 7) is 3.48. The van der Waals surface area contributed by atoms with E-state index in [4.69, 9.17) is 56.8 Å². The average molecular weight is 1260 g/mol. The van der Waals surface area contributed by atoms with Crippen LogP contribution in [0.4, 0.5) is 0 Å². The van der Waals surface area contributed by atoms with Crippen LogP contribution in [0.25, 0.3) is 0 Å². The molecule has 2 bridgehead atoms. The fraction of sp³-hybridized carbons (Fsp3) is 0.945. The molecule has 11 aliphatic rings. The number of aliphatic hydroxyl groups is 19. The van der Waals surface area contributed by atoms with E-state index in [0.29, 0.717) is 51.4 Å². The molecule has 11 fully saturated rings. The summed E-state index contributed by atoms with van der Waals surface area (Å²) in [6.07, 6.45) is -49.4. The lowest BCUT2D eigenvalue weighted by molar-refractivity contribution is -0.398. The van der Waals surface area contributed by atoms with Crippen molar-refractivity contribution in [3.63, 3.8) is 0 Å². The molecule has 5 saturated carbocycles. The average Bonchev–Trinajstić information content (AvgIpc) is 0.726. The van der Waals surface area contributed by atoms with Crippen LogP contribution < -0.4 is 0 Å². The zero-order valence-electron chi connectivity index (χ0n) is 48.0. The van der Waals surface area contributed by atoms with Crippen molar-refractivity contribution in [3.8, 4) is 0 Å². The van der Waals surface area contributed by atoms with E-state index in [-0.39, 0.29) is 5.92 Å². The van der Waals surface area contributed by atoms with E-state index in [1.54, 1.807) is 6.92 Å². The van der Waals surface area contributed by atoms with E-state index in [9.17, 15) is 97.0 Å². The summed E-state index contributed by atoms with van der Waals surface area (Å²) >= 11 is 0. The number of hydrogen-bond donors (Lipinski definition) is 19. The summed E-state index contributed by atoms with van der Waals surface area (Å²) in [5.41, 5.74) is -1.65. The molecule has 36 atom stereocenters. The Bertz CT molecular complexity index is 2320. The molecule has 1 spiro atoms. The van der Waals surface area contributed by atoms with Crippen LogP contribution in [0.3, 0.4) is 0 Å². The van der Waals surface area contributed by atoms with Crippen molar-refractivity contribution >= 4 is 5.97 Å². The highest BCUT2D eigenvalue weighted by atomic mass is 16.8. The summed E-state index contributed by atoms with van der Waals surface area (Å²) in [4.78, 5) is 15.3. The van der Waals surface area contributed by atoms with Gasteiger partial charge in [-0.3, -0.25) is 4.79 Å². The van der Waals surface area contributed by atoms with Crippen LogP contribution in [0.5, 0.6) is 0 Å². The van der Waals surface area contributed by atoms with Crippen molar-refractivity contribution in [2.75, 3.05) is 39.6 Å². The Morgan fingerprint density at radius 2 is 0.908 bits per heavy atom. The minimum Gasteiger partial charge on any atom is -0.432 e. The predicted molar refractivity (Wildman–Crippen MR) is 278 cm³/mol. The minimum atomic E-state index is -2.02. The molecule has 0 aromatic heterocycles. The summed E-state index contributed by atoms with van der Waals surface area (Å²) in [5.74, 6) is -1.77. The first kappa shape index (κ1) is 67.9. The van der Waals surface area contributed by atoms with Gasteiger partial charge in [-0.25, -0.2) is 0 Å². The van der Waals surface area contributed by atoms with Crippen LogP contribution in [0, 0.1) is 34.0 Å². The molecule has 0 amide bonds. The molecule has 30 unspecified atom stereocenters. The van der Waals surface area contributed by atoms with Gasteiger partial charge in [0.05, 0.1) is 51.2 Å². The molecular formula is C55H88O32. The van der Waals surface area contributed by atoms with Gasteiger partial charge in [-0.1, -0.05) is 25.5 Å². The minimum absolute atomic E-state index is 0.117. The van der Waals surface area contributed by atoms with Crippen molar-refractivity contribution in [2.24, 2.45) is 34.0 Å². The molecular weight excluding hydrogens is 1170 g/mol. The summed E-state index contributed by atoms with van der Waals surface area (Å²) in [7, 11) is 0. The zero-order valence-corrected chi connectivity index (χ0v) is 48.0. The second-order valence-corrected chi connectivity index (χ2v) is 25.9. The van der Waals surface area contributed by atoms with Crippen molar-refractivity contribution in [2.45, 2.75) is 249 Å².